The summed E-state index contributed by atoms with van der Waals surface area (Å²) in [6.45, 7) is -0.691. The minimum atomic E-state index is -1.64. The number of aliphatic hydroxyl groups excluding tert-OH is 6. The molecule has 2 saturated heterocycles. The molecule has 3 rings (SSSR count). The van der Waals surface area contributed by atoms with E-state index in [1.807, 2.05) is 0 Å². The van der Waals surface area contributed by atoms with Gasteiger partial charge in [-0.2, -0.15) is 0 Å². The van der Waals surface area contributed by atoms with Gasteiger partial charge >= 0.3 is 0 Å². The zero-order valence-corrected chi connectivity index (χ0v) is 23.0. The van der Waals surface area contributed by atoms with E-state index in [9.17, 15) is 35.4 Å². The van der Waals surface area contributed by atoms with Crippen molar-refractivity contribution in [2.24, 2.45) is 39.4 Å². The number of aliphatic imine (C=N–C) groups is 1. The monoisotopic (exact) mass is 610 g/mol. The molecule has 0 aromatic carbocycles. The molecule has 2 aliphatic heterocycles. The summed E-state index contributed by atoms with van der Waals surface area (Å²) in [5, 5.41) is 65.0. The van der Waals surface area contributed by atoms with Gasteiger partial charge in [0.05, 0.1) is 30.9 Å². The lowest BCUT2D eigenvalue weighted by atomic mass is 9.83. The van der Waals surface area contributed by atoms with E-state index in [0.29, 0.717) is 0 Å². The molecular formula is C23H46N8O11. The number of carbonyl (C=O) groups excluding carboxylic acids is 1. The van der Waals surface area contributed by atoms with Crippen LogP contribution < -0.4 is 39.7 Å². The molecule has 19 heteroatoms. The number of rotatable bonds is 11. The molecule has 19 nitrogen and oxygen atoms in total. The van der Waals surface area contributed by atoms with Gasteiger partial charge in [0.25, 0.3) is 0 Å². The zero-order chi connectivity index (χ0) is 31.3. The summed E-state index contributed by atoms with van der Waals surface area (Å²) < 4.78 is 23.3. The largest absolute Gasteiger partial charge is 0.394 e. The Balaban J connectivity index is 1.88. The lowest BCUT2D eigenvalue weighted by Gasteiger charge is -2.48. The topological polar surface area (TPSA) is 356 Å². The number of hydrogen-bond donors (Lipinski definition) is 13. The molecule has 0 bridgehead atoms. The Hall–Kier alpha value is -1.82. The molecule has 0 aromatic rings. The van der Waals surface area contributed by atoms with Gasteiger partial charge in [0.2, 0.25) is 5.91 Å². The van der Waals surface area contributed by atoms with E-state index in [-0.39, 0.29) is 38.3 Å². The zero-order valence-electron chi connectivity index (χ0n) is 23.0. The third-order valence-electron chi connectivity index (χ3n) is 7.69. The number of guanidine groups is 1. The van der Waals surface area contributed by atoms with Gasteiger partial charge in [0.1, 0.15) is 48.8 Å². The van der Waals surface area contributed by atoms with Crippen molar-refractivity contribution in [1.82, 2.24) is 5.32 Å². The van der Waals surface area contributed by atoms with Gasteiger partial charge in [0, 0.05) is 19.0 Å². The number of amides is 1. The summed E-state index contributed by atoms with van der Waals surface area (Å²) in [6.07, 6.45) is -14.7. The average Bonchev–Trinajstić information content (AvgIpc) is 2.93. The van der Waals surface area contributed by atoms with Gasteiger partial charge in [-0.05, 0) is 19.4 Å². The molecule has 15 atom stereocenters. The van der Waals surface area contributed by atoms with Crippen molar-refractivity contribution >= 4 is 11.9 Å². The van der Waals surface area contributed by atoms with Crippen molar-refractivity contribution in [1.29, 1.82) is 0 Å². The fourth-order valence-electron chi connectivity index (χ4n) is 5.35. The molecule has 0 radical (unpaired) electrons. The van der Waals surface area contributed by atoms with Gasteiger partial charge in [-0.15, -0.1) is 0 Å². The van der Waals surface area contributed by atoms with E-state index in [1.165, 1.54) is 0 Å². The predicted molar refractivity (Wildman–Crippen MR) is 144 cm³/mol. The molecule has 1 aliphatic carbocycles. The Morgan fingerprint density at radius 3 is 2.19 bits per heavy atom. The first-order valence-corrected chi connectivity index (χ1v) is 13.8. The number of aliphatic hydroxyl groups is 6. The molecule has 0 aromatic heterocycles. The minimum Gasteiger partial charge on any atom is -0.394 e. The quantitative estimate of drug-likeness (QED) is 0.0762. The van der Waals surface area contributed by atoms with Crippen LogP contribution in [0, 0.1) is 0 Å². The summed E-state index contributed by atoms with van der Waals surface area (Å²) in [6, 6.07) is -4.20. The summed E-state index contributed by atoms with van der Waals surface area (Å²) >= 11 is 0. The minimum absolute atomic E-state index is 0.0188. The maximum absolute atomic E-state index is 12.7. The first-order valence-electron chi connectivity index (χ1n) is 13.8. The van der Waals surface area contributed by atoms with E-state index < -0.39 is 104 Å². The number of hydrogen-bond acceptors (Lipinski definition) is 16. The van der Waals surface area contributed by atoms with Crippen LogP contribution in [0.3, 0.4) is 0 Å². The molecule has 0 unspecified atom stereocenters. The molecule has 3 aliphatic rings. The Bertz CT molecular complexity index is 902. The Labute approximate surface area is 242 Å². The Kier molecular flexibility index (Phi) is 12.6. The van der Waals surface area contributed by atoms with E-state index in [2.05, 4.69) is 10.3 Å². The third kappa shape index (κ3) is 8.01. The number of nitrogens with two attached hydrogens (primary N) is 6. The molecule has 1 amide bonds. The number of nitrogens with zero attached hydrogens (tertiary/aromatic N) is 1. The van der Waals surface area contributed by atoms with Gasteiger partial charge in [-0.1, -0.05) is 0 Å². The summed E-state index contributed by atoms with van der Waals surface area (Å²) in [7, 11) is 0. The van der Waals surface area contributed by atoms with Crippen LogP contribution in [0.1, 0.15) is 19.3 Å². The standard InChI is InChI=1S/C23H46N8O11/c24-2-1-10(33)20(38)30-8-3-7(26)18(41-21-9(31-23(28)29)4-11(34)12(5-25)39-21)17(37)19(8)42-22-16(36)14(27)15(35)13(6-32)40-22/h7-19,21-22,32-37H,1-6,24-27H2,(H,30,38)(H4,28,29,31)/t7-,8+,9+,10-,11-,12+,13+,14-,15+,16+,17-,18+,19-,21+,22+/m0/s1. The van der Waals surface area contributed by atoms with Crippen LogP contribution >= 0.6 is 0 Å². The van der Waals surface area contributed by atoms with Crippen molar-refractivity contribution in [2.45, 2.75) is 111 Å². The van der Waals surface area contributed by atoms with Crippen LogP contribution in [-0.2, 0) is 23.7 Å². The Morgan fingerprint density at radius 2 is 1.60 bits per heavy atom. The maximum atomic E-state index is 12.7. The van der Waals surface area contributed by atoms with E-state index >= 15 is 0 Å². The normalized spacial score (nSPS) is 43.4. The maximum Gasteiger partial charge on any atom is 0.249 e. The number of carbonyl (C=O) groups is 1. The van der Waals surface area contributed by atoms with Crippen LogP contribution in [0.2, 0.25) is 0 Å². The van der Waals surface area contributed by atoms with Crippen LogP contribution in [0.25, 0.3) is 0 Å². The van der Waals surface area contributed by atoms with E-state index in [1.54, 1.807) is 0 Å². The van der Waals surface area contributed by atoms with Gasteiger partial charge < -0.3 is 89.3 Å². The highest BCUT2D eigenvalue weighted by Gasteiger charge is 2.51. The highest BCUT2D eigenvalue weighted by atomic mass is 16.7. The second-order valence-electron chi connectivity index (χ2n) is 10.8. The number of nitrogens with one attached hydrogen (secondary N) is 1. The lowest BCUT2D eigenvalue weighted by Crippen LogP contribution is -2.69. The fraction of sp³-hybridized carbons (Fsp3) is 0.913. The van der Waals surface area contributed by atoms with Crippen molar-refractivity contribution in [3.8, 4) is 0 Å². The molecule has 42 heavy (non-hydrogen) atoms. The third-order valence-corrected chi connectivity index (χ3v) is 7.69. The van der Waals surface area contributed by atoms with Crippen molar-refractivity contribution in [3.63, 3.8) is 0 Å². The van der Waals surface area contributed by atoms with Crippen LogP contribution in [0.15, 0.2) is 4.99 Å². The molecule has 244 valence electrons. The number of ether oxygens (including phenoxy) is 4. The fourth-order valence-corrected chi connectivity index (χ4v) is 5.35. The average molecular weight is 611 g/mol. The second-order valence-corrected chi connectivity index (χ2v) is 10.8. The lowest BCUT2D eigenvalue weighted by molar-refractivity contribution is -0.315. The SMILES string of the molecule is NCC[C@H](O)C(=O)N[C@@H]1C[C@H](N)[C@@H](O[C@H]2O[C@H](CN)[C@@H](O)C[C@H]2N=C(N)N)[C@H](O)[C@H]1O[C@H]1O[C@H](CO)[C@@H](O)[C@H](N)[C@H]1O. The van der Waals surface area contributed by atoms with Gasteiger partial charge in [-0.3, -0.25) is 4.79 Å². The second kappa shape index (κ2) is 15.3. The van der Waals surface area contributed by atoms with Crippen LogP contribution in [0.4, 0.5) is 0 Å². The smallest absolute Gasteiger partial charge is 0.249 e. The van der Waals surface area contributed by atoms with Crippen molar-refractivity contribution in [3.05, 3.63) is 0 Å². The molecule has 19 N–H and O–H groups in total. The first kappa shape index (κ1) is 34.7. The van der Waals surface area contributed by atoms with Crippen LogP contribution in [0.5, 0.6) is 0 Å². The van der Waals surface area contributed by atoms with Crippen molar-refractivity contribution in [2.75, 3.05) is 19.7 Å². The Morgan fingerprint density at radius 1 is 0.952 bits per heavy atom. The van der Waals surface area contributed by atoms with Gasteiger partial charge in [0.15, 0.2) is 18.5 Å². The van der Waals surface area contributed by atoms with Crippen molar-refractivity contribution < 1.29 is 54.4 Å². The van der Waals surface area contributed by atoms with Gasteiger partial charge in [-0.25, -0.2) is 4.99 Å². The first-order chi connectivity index (χ1) is 19.8. The highest BCUT2D eigenvalue weighted by Crippen LogP contribution is 2.32. The molecule has 0 spiro atoms. The highest BCUT2D eigenvalue weighted by molar-refractivity contribution is 5.80. The molecule has 2 heterocycles. The summed E-state index contributed by atoms with van der Waals surface area (Å²) in [5.41, 5.74) is 34.5. The predicted octanol–water partition coefficient (Wildman–Crippen LogP) is -8.11. The molecule has 1 saturated carbocycles. The molecule has 3 fully saturated rings. The van der Waals surface area contributed by atoms with E-state index in [4.69, 9.17) is 53.3 Å². The summed E-state index contributed by atoms with van der Waals surface area (Å²) in [5.74, 6) is -1.11. The van der Waals surface area contributed by atoms with E-state index in [0.717, 1.165) is 0 Å². The summed E-state index contributed by atoms with van der Waals surface area (Å²) in [4.78, 5) is 16.7. The van der Waals surface area contributed by atoms with Crippen LogP contribution in [-0.4, -0.2) is 154 Å². The molecular weight excluding hydrogens is 564 g/mol.